The molecule has 0 aliphatic carbocycles. The van der Waals surface area contributed by atoms with Crippen molar-refractivity contribution in [3.63, 3.8) is 0 Å². The second-order valence-electron chi connectivity index (χ2n) is 4.91. The van der Waals surface area contributed by atoms with Crippen molar-refractivity contribution in [2.75, 3.05) is 51.8 Å². The van der Waals surface area contributed by atoms with Gasteiger partial charge in [-0.05, 0) is 30.4 Å². The molecule has 22 heavy (non-hydrogen) atoms. The van der Waals surface area contributed by atoms with E-state index in [1.54, 1.807) is 18.2 Å². The van der Waals surface area contributed by atoms with Gasteiger partial charge in [0, 0.05) is 31.9 Å². The van der Waals surface area contributed by atoms with Gasteiger partial charge < -0.3 is 20.1 Å². The van der Waals surface area contributed by atoms with E-state index in [9.17, 15) is 4.79 Å². The first-order valence-electron chi connectivity index (χ1n) is 7.22. The van der Waals surface area contributed by atoms with Crippen LogP contribution in [0.2, 0.25) is 0 Å². The van der Waals surface area contributed by atoms with Crippen molar-refractivity contribution >= 4 is 29.0 Å². The lowest BCUT2D eigenvalue weighted by molar-refractivity contribution is 0.0389. The Hall–Kier alpha value is -1.70. The Balaban J connectivity index is 1.75. The number of hydrogen-bond donors (Lipinski definition) is 2. The minimum atomic E-state index is -0.366. The number of carbonyl (C=O) groups excluding carboxylic acids is 1. The summed E-state index contributed by atoms with van der Waals surface area (Å²) >= 11 is 5.26. The Labute approximate surface area is 135 Å². The number of anilines is 1. The number of rotatable bonds is 5. The Morgan fingerprint density at radius 1 is 1.41 bits per heavy atom. The molecule has 1 aromatic carbocycles. The second-order valence-corrected chi connectivity index (χ2v) is 5.32. The Morgan fingerprint density at radius 3 is 2.91 bits per heavy atom. The lowest BCUT2D eigenvalue weighted by Crippen LogP contribution is -2.42. The topological polar surface area (TPSA) is 62.8 Å². The summed E-state index contributed by atoms with van der Waals surface area (Å²) < 4.78 is 10.0. The van der Waals surface area contributed by atoms with Gasteiger partial charge in [-0.3, -0.25) is 4.90 Å². The van der Waals surface area contributed by atoms with Crippen molar-refractivity contribution in [3.05, 3.63) is 29.8 Å². The van der Waals surface area contributed by atoms with Gasteiger partial charge in [-0.15, -0.1) is 0 Å². The highest BCUT2D eigenvalue weighted by atomic mass is 32.1. The zero-order valence-electron chi connectivity index (χ0n) is 12.6. The molecule has 0 bridgehead atoms. The van der Waals surface area contributed by atoms with E-state index in [0.29, 0.717) is 10.7 Å². The van der Waals surface area contributed by atoms with E-state index in [0.717, 1.165) is 45.1 Å². The Morgan fingerprint density at radius 2 is 2.18 bits per heavy atom. The molecule has 1 saturated heterocycles. The largest absolute Gasteiger partial charge is 0.465 e. The van der Waals surface area contributed by atoms with Crippen LogP contribution in [-0.2, 0) is 9.47 Å². The summed E-state index contributed by atoms with van der Waals surface area (Å²) in [6.07, 6.45) is 0. The summed E-state index contributed by atoms with van der Waals surface area (Å²) in [5.74, 6) is -0.366. The van der Waals surface area contributed by atoms with Gasteiger partial charge in [0.15, 0.2) is 5.11 Å². The molecule has 1 heterocycles. The number of ether oxygens (including phenoxy) is 2. The number of benzene rings is 1. The molecule has 0 aromatic heterocycles. The Bertz CT molecular complexity index is 519. The highest BCUT2D eigenvalue weighted by Gasteiger charge is 2.10. The monoisotopic (exact) mass is 323 g/mol. The standard InChI is InChI=1S/C15H21N3O3S/c1-20-14(19)12-3-2-4-13(11-12)17-15(22)16-5-6-18-7-9-21-10-8-18/h2-4,11H,5-10H2,1H3,(H2,16,17,22). The summed E-state index contributed by atoms with van der Waals surface area (Å²) in [6, 6.07) is 7.04. The summed E-state index contributed by atoms with van der Waals surface area (Å²) in [4.78, 5) is 13.8. The van der Waals surface area contributed by atoms with Crippen molar-refractivity contribution < 1.29 is 14.3 Å². The normalized spacial score (nSPS) is 15.1. The van der Waals surface area contributed by atoms with E-state index < -0.39 is 0 Å². The molecule has 0 amide bonds. The summed E-state index contributed by atoms with van der Waals surface area (Å²) in [7, 11) is 1.36. The summed E-state index contributed by atoms with van der Waals surface area (Å²) in [6.45, 7) is 5.20. The molecule has 1 fully saturated rings. The third-order valence-electron chi connectivity index (χ3n) is 3.36. The number of hydrogen-bond acceptors (Lipinski definition) is 5. The first-order valence-corrected chi connectivity index (χ1v) is 7.63. The van der Waals surface area contributed by atoms with Crippen molar-refractivity contribution in [1.82, 2.24) is 10.2 Å². The van der Waals surface area contributed by atoms with Crippen LogP contribution in [-0.4, -0.2) is 62.5 Å². The van der Waals surface area contributed by atoms with E-state index in [1.807, 2.05) is 6.07 Å². The highest BCUT2D eigenvalue weighted by Crippen LogP contribution is 2.11. The van der Waals surface area contributed by atoms with Crippen LogP contribution in [0.15, 0.2) is 24.3 Å². The highest BCUT2D eigenvalue weighted by molar-refractivity contribution is 7.80. The molecule has 1 aliphatic rings. The predicted molar refractivity (Wildman–Crippen MR) is 89.3 cm³/mol. The minimum absolute atomic E-state index is 0.366. The third-order valence-corrected chi connectivity index (χ3v) is 3.61. The van der Waals surface area contributed by atoms with E-state index in [1.165, 1.54) is 7.11 Å². The third kappa shape index (κ3) is 5.25. The van der Waals surface area contributed by atoms with Crippen molar-refractivity contribution in [2.24, 2.45) is 0 Å². The summed E-state index contributed by atoms with van der Waals surface area (Å²) in [5, 5.41) is 6.77. The maximum atomic E-state index is 11.5. The van der Waals surface area contributed by atoms with Crippen LogP contribution < -0.4 is 10.6 Å². The van der Waals surface area contributed by atoms with Gasteiger partial charge in [0.2, 0.25) is 0 Å². The molecular formula is C15H21N3O3S. The fraction of sp³-hybridized carbons (Fsp3) is 0.467. The summed E-state index contributed by atoms with van der Waals surface area (Å²) in [5.41, 5.74) is 1.25. The SMILES string of the molecule is COC(=O)c1cccc(NC(=S)NCCN2CCOCC2)c1. The smallest absolute Gasteiger partial charge is 0.337 e. The molecule has 1 aliphatic heterocycles. The predicted octanol–water partition coefficient (Wildman–Crippen LogP) is 1.09. The number of morpholine rings is 1. The maximum Gasteiger partial charge on any atom is 0.337 e. The van der Waals surface area contributed by atoms with Gasteiger partial charge >= 0.3 is 5.97 Å². The molecule has 120 valence electrons. The first kappa shape index (κ1) is 16.7. The zero-order valence-corrected chi connectivity index (χ0v) is 13.4. The van der Waals surface area contributed by atoms with E-state index in [4.69, 9.17) is 21.7 Å². The molecule has 0 spiro atoms. The van der Waals surface area contributed by atoms with Crippen LogP contribution in [0.4, 0.5) is 5.69 Å². The van der Waals surface area contributed by atoms with Crippen LogP contribution in [0.3, 0.4) is 0 Å². The fourth-order valence-corrected chi connectivity index (χ4v) is 2.39. The number of nitrogens with zero attached hydrogens (tertiary/aromatic N) is 1. The molecule has 0 saturated carbocycles. The molecule has 0 radical (unpaired) electrons. The minimum Gasteiger partial charge on any atom is -0.465 e. The molecular weight excluding hydrogens is 302 g/mol. The number of esters is 1. The molecule has 1 aromatic rings. The molecule has 2 N–H and O–H groups in total. The van der Waals surface area contributed by atoms with Gasteiger partial charge in [-0.1, -0.05) is 6.07 Å². The number of carbonyl (C=O) groups is 1. The molecule has 7 heteroatoms. The quantitative estimate of drug-likeness (QED) is 0.621. The second kappa shape index (κ2) is 8.67. The van der Waals surface area contributed by atoms with Crippen molar-refractivity contribution in [1.29, 1.82) is 0 Å². The zero-order chi connectivity index (χ0) is 15.8. The number of nitrogens with one attached hydrogen (secondary N) is 2. The first-order chi connectivity index (χ1) is 10.7. The van der Waals surface area contributed by atoms with Gasteiger partial charge in [0.1, 0.15) is 0 Å². The maximum absolute atomic E-state index is 11.5. The van der Waals surface area contributed by atoms with Gasteiger partial charge in [-0.25, -0.2) is 4.79 Å². The van der Waals surface area contributed by atoms with Crippen molar-refractivity contribution in [2.45, 2.75) is 0 Å². The number of methoxy groups -OCH3 is 1. The van der Waals surface area contributed by atoms with Gasteiger partial charge in [-0.2, -0.15) is 0 Å². The molecule has 0 unspecified atom stereocenters. The number of thiocarbonyl (C=S) groups is 1. The molecule has 6 nitrogen and oxygen atoms in total. The van der Waals surface area contributed by atoms with E-state index in [-0.39, 0.29) is 5.97 Å². The van der Waals surface area contributed by atoms with Crippen LogP contribution >= 0.6 is 12.2 Å². The average Bonchev–Trinajstić information content (AvgIpc) is 2.55. The molecule has 2 rings (SSSR count). The van der Waals surface area contributed by atoms with Gasteiger partial charge in [0.25, 0.3) is 0 Å². The lowest BCUT2D eigenvalue weighted by Gasteiger charge is -2.26. The van der Waals surface area contributed by atoms with Crippen LogP contribution in [0.5, 0.6) is 0 Å². The fourth-order valence-electron chi connectivity index (χ4n) is 2.17. The van der Waals surface area contributed by atoms with E-state index in [2.05, 4.69) is 15.5 Å². The van der Waals surface area contributed by atoms with Crippen molar-refractivity contribution in [3.8, 4) is 0 Å². The molecule has 0 atom stereocenters. The van der Waals surface area contributed by atoms with E-state index >= 15 is 0 Å². The van der Waals surface area contributed by atoms with Crippen LogP contribution in [0, 0.1) is 0 Å². The lowest BCUT2D eigenvalue weighted by atomic mass is 10.2. The Kier molecular flexibility index (Phi) is 6.57. The van der Waals surface area contributed by atoms with Crippen LogP contribution in [0.25, 0.3) is 0 Å². The van der Waals surface area contributed by atoms with Gasteiger partial charge in [0.05, 0.1) is 25.9 Å². The average molecular weight is 323 g/mol. The van der Waals surface area contributed by atoms with Crippen LogP contribution in [0.1, 0.15) is 10.4 Å².